The summed E-state index contributed by atoms with van der Waals surface area (Å²) < 4.78 is 5.25. The Hall–Kier alpha value is -2.90. The van der Waals surface area contributed by atoms with E-state index in [9.17, 15) is 19.2 Å². The minimum absolute atomic E-state index is 0.0390. The summed E-state index contributed by atoms with van der Waals surface area (Å²) in [5.74, 6) is -1.95. The molecule has 0 saturated carbocycles. The van der Waals surface area contributed by atoms with Gasteiger partial charge in [-0.1, -0.05) is 12.1 Å². The van der Waals surface area contributed by atoms with Crippen molar-refractivity contribution < 1.29 is 23.9 Å². The van der Waals surface area contributed by atoms with E-state index >= 15 is 0 Å². The normalized spacial score (nSPS) is 20.6. The highest BCUT2D eigenvalue weighted by Crippen LogP contribution is 2.30. The van der Waals surface area contributed by atoms with E-state index in [2.05, 4.69) is 5.32 Å². The van der Waals surface area contributed by atoms with Crippen molar-refractivity contribution in [1.29, 1.82) is 0 Å². The van der Waals surface area contributed by atoms with E-state index < -0.39 is 29.9 Å². The second-order valence-corrected chi connectivity index (χ2v) is 6.93. The summed E-state index contributed by atoms with van der Waals surface area (Å²) in [5.41, 5.74) is 2.84. The van der Waals surface area contributed by atoms with Crippen LogP contribution in [0.15, 0.2) is 18.2 Å². The second kappa shape index (κ2) is 7.38. The van der Waals surface area contributed by atoms with Gasteiger partial charge in [0.1, 0.15) is 0 Å². The molecule has 0 aromatic heterocycles. The first-order chi connectivity index (χ1) is 12.8. The molecule has 2 aliphatic heterocycles. The first-order valence-electron chi connectivity index (χ1n) is 8.96. The van der Waals surface area contributed by atoms with E-state index in [1.165, 1.54) is 6.92 Å². The lowest BCUT2D eigenvalue weighted by Gasteiger charge is -2.21. The smallest absolute Gasteiger partial charge is 0.324 e. The molecule has 27 heavy (non-hydrogen) atoms. The second-order valence-electron chi connectivity index (χ2n) is 6.93. The van der Waals surface area contributed by atoms with Crippen molar-refractivity contribution in [3.63, 3.8) is 0 Å². The van der Waals surface area contributed by atoms with Gasteiger partial charge in [-0.15, -0.1) is 0 Å². The molecule has 2 saturated heterocycles. The van der Waals surface area contributed by atoms with Crippen molar-refractivity contribution in [1.82, 2.24) is 10.2 Å². The third-order valence-electron chi connectivity index (χ3n) is 5.09. The quantitative estimate of drug-likeness (QED) is 0.799. The lowest BCUT2D eigenvalue weighted by molar-refractivity contribution is -0.160. The highest BCUT2D eigenvalue weighted by Gasteiger charge is 2.39. The van der Waals surface area contributed by atoms with Crippen molar-refractivity contribution in [2.24, 2.45) is 5.92 Å². The van der Waals surface area contributed by atoms with Gasteiger partial charge in [-0.2, -0.15) is 0 Å². The fraction of sp³-hybridized carbons (Fsp3) is 0.474. The lowest BCUT2D eigenvalue weighted by Crippen LogP contribution is -2.42. The number of anilines is 1. The van der Waals surface area contributed by atoms with Crippen LogP contribution in [-0.4, -0.2) is 54.5 Å². The first kappa shape index (κ1) is 18.9. The highest BCUT2D eigenvalue weighted by molar-refractivity contribution is 6.01. The number of nitrogens with one attached hydrogen (secondary N) is 1. The van der Waals surface area contributed by atoms with Crippen LogP contribution in [0.4, 0.5) is 10.5 Å². The van der Waals surface area contributed by atoms with Crippen molar-refractivity contribution in [2.75, 3.05) is 24.5 Å². The van der Waals surface area contributed by atoms with Gasteiger partial charge in [0, 0.05) is 31.7 Å². The monoisotopic (exact) mass is 373 g/mol. The van der Waals surface area contributed by atoms with Gasteiger partial charge in [0.05, 0.1) is 5.92 Å². The number of hydrogen-bond acceptors (Lipinski definition) is 5. The summed E-state index contributed by atoms with van der Waals surface area (Å²) in [5, 5.41) is 2.53. The molecule has 0 radical (unpaired) electrons. The molecule has 8 nitrogen and oxygen atoms in total. The number of amides is 4. The van der Waals surface area contributed by atoms with Gasteiger partial charge in [-0.3, -0.25) is 19.3 Å². The Bertz CT molecular complexity index is 807. The topological polar surface area (TPSA) is 96.0 Å². The number of urea groups is 1. The molecule has 0 spiro atoms. The van der Waals surface area contributed by atoms with Crippen LogP contribution < -0.4 is 10.2 Å². The molecule has 2 fully saturated rings. The van der Waals surface area contributed by atoms with Gasteiger partial charge in [0.25, 0.3) is 5.91 Å². The van der Waals surface area contributed by atoms with E-state index in [4.69, 9.17) is 4.74 Å². The summed E-state index contributed by atoms with van der Waals surface area (Å²) in [6, 6.07) is 5.21. The number of esters is 1. The molecular formula is C19H23N3O5. The zero-order chi connectivity index (χ0) is 19.7. The van der Waals surface area contributed by atoms with Gasteiger partial charge in [-0.25, -0.2) is 4.79 Å². The number of nitrogens with zero attached hydrogens (tertiary/aromatic N) is 2. The first-order valence-corrected chi connectivity index (χ1v) is 8.96. The molecule has 8 heteroatoms. The number of aryl methyl sites for hydroxylation is 1. The van der Waals surface area contributed by atoms with E-state index in [0.29, 0.717) is 6.54 Å². The van der Waals surface area contributed by atoms with E-state index in [-0.39, 0.29) is 25.4 Å². The molecule has 4 amide bonds. The molecule has 0 bridgehead atoms. The Morgan fingerprint density at radius 1 is 1.26 bits per heavy atom. The Balaban J connectivity index is 1.64. The van der Waals surface area contributed by atoms with Crippen LogP contribution in [0, 0.1) is 19.8 Å². The Kier molecular flexibility index (Phi) is 5.16. The molecular weight excluding hydrogens is 350 g/mol. The molecule has 2 atom stereocenters. The van der Waals surface area contributed by atoms with Crippen LogP contribution in [0.1, 0.15) is 24.5 Å². The number of ether oxygens (including phenoxy) is 1. The molecule has 1 N–H and O–H groups in total. The number of carbonyl (C=O) groups excluding carboxylic acids is 4. The SMILES string of the molecule is Cc1cccc(N2C[C@@H](C(=O)O[C@H](C)C(=O)N3CCNC3=O)CC2=O)c1C. The Morgan fingerprint density at radius 3 is 2.67 bits per heavy atom. The molecule has 1 aromatic rings. The van der Waals surface area contributed by atoms with Crippen molar-refractivity contribution >= 4 is 29.5 Å². The van der Waals surface area contributed by atoms with Crippen molar-refractivity contribution in [3.05, 3.63) is 29.3 Å². The third-order valence-corrected chi connectivity index (χ3v) is 5.09. The zero-order valence-corrected chi connectivity index (χ0v) is 15.7. The predicted molar refractivity (Wildman–Crippen MR) is 97.0 cm³/mol. The average molecular weight is 373 g/mol. The predicted octanol–water partition coefficient (Wildman–Crippen LogP) is 1.14. The fourth-order valence-corrected chi connectivity index (χ4v) is 3.35. The average Bonchev–Trinajstić information content (AvgIpc) is 3.22. The number of hydrogen-bond donors (Lipinski definition) is 1. The molecule has 0 aliphatic carbocycles. The molecule has 0 unspecified atom stereocenters. The van der Waals surface area contributed by atoms with E-state index in [1.54, 1.807) is 4.90 Å². The number of imide groups is 1. The minimum Gasteiger partial charge on any atom is -0.452 e. The van der Waals surface area contributed by atoms with Gasteiger partial charge in [0.15, 0.2) is 6.10 Å². The van der Waals surface area contributed by atoms with Crippen LogP contribution in [0.3, 0.4) is 0 Å². The van der Waals surface area contributed by atoms with Crippen molar-refractivity contribution in [3.8, 4) is 0 Å². The molecule has 3 rings (SSSR count). The van der Waals surface area contributed by atoms with Crippen LogP contribution in [0.5, 0.6) is 0 Å². The summed E-state index contributed by atoms with van der Waals surface area (Å²) >= 11 is 0. The standard InChI is InChI=1S/C19H23N3O5/c1-11-5-4-6-15(12(11)2)22-10-14(9-16(22)23)18(25)27-13(3)17(24)21-8-7-20-19(21)26/h4-6,13-14H,7-10H2,1-3H3,(H,20,26)/t13-,14+/m1/s1. The molecule has 1 aromatic carbocycles. The fourth-order valence-electron chi connectivity index (χ4n) is 3.35. The minimum atomic E-state index is -1.08. The van der Waals surface area contributed by atoms with Gasteiger partial charge >= 0.3 is 12.0 Å². The Morgan fingerprint density at radius 2 is 2.00 bits per heavy atom. The van der Waals surface area contributed by atoms with E-state index in [0.717, 1.165) is 21.7 Å². The molecule has 2 aliphatic rings. The highest BCUT2D eigenvalue weighted by atomic mass is 16.5. The third kappa shape index (κ3) is 3.65. The largest absolute Gasteiger partial charge is 0.452 e. The maximum absolute atomic E-state index is 12.5. The van der Waals surface area contributed by atoms with Gasteiger partial charge in [-0.05, 0) is 38.0 Å². The van der Waals surface area contributed by atoms with Crippen LogP contribution in [-0.2, 0) is 19.1 Å². The lowest BCUT2D eigenvalue weighted by atomic mass is 10.1. The Labute approximate surface area is 157 Å². The van der Waals surface area contributed by atoms with Crippen LogP contribution >= 0.6 is 0 Å². The molecule has 144 valence electrons. The number of benzene rings is 1. The van der Waals surface area contributed by atoms with Gasteiger partial charge in [0.2, 0.25) is 5.91 Å². The van der Waals surface area contributed by atoms with Crippen molar-refractivity contribution in [2.45, 2.75) is 33.3 Å². The molecule has 2 heterocycles. The van der Waals surface area contributed by atoms with E-state index in [1.807, 2.05) is 32.0 Å². The van der Waals surface area contributed by atoms with Crippen LogP contribution in [0.2, 0.25) is 0 Å². The number of rotatable bonds is 4. The summed E-state index contributed by atoms with van der Waals surface area (Å²) in [6.07, 6.45) is -1.04. The van der Waals surface area contributed by atoms with Crippen LogP contribution in [0.25, 0.3) is 0 Å². The number of carbonyl (C=O) groups is 4. The summed E-state index contributed by atoms with van der Waals surface area (Å²) in [7, 11) is 0. The maximum atomic E-state index is 12.5. The van der Waals surface area contributed by atoms with Gasteiger partial charge < -0.3 is 15.0 Å². The summed E-state index contributed by atoms with van der Waals surface area (Å²) in [4.78, 5) is 51.3. The zero-order valence-electron chi connectivity index (χ0n) is 15.7. The summed E-state index contributed by atoms with van der Waals surface area (Å²) in [6.45, 7) is 6.19. The maximum Gasteiger partial charge on any atom is 0.324 e.